The second kappa shape index (κ2) is 6.23. The van der Waals surface area contributed by atoms with Crippen molar-refractivity contribution in [3.63, 3.8) is 0 Å². The van der Waals surface area contributed by atoms with Gasteiger partial charge in [0.05, 0.1) is 0 Å². The molecule has 2 heteroatoms. The van der Waals surface area contributed by atoms with Crippen molar-refractivity contribution in [3.8, 4) is 0 Å². The lowest BCUT2D eigenvalue weighted by Gasteiger charge is -2.14. The molecule has 11 heavy (non-hydrogen) atoms. The van der Waals surface area contributed by atoms with E-state index in [1.54, 1.807) is 0 Å². The molecule has 1 saturated carbocycles. The molecule has 0 aromatic rings. The first-order valence-corrected chi connectivity index (χ1v) is 6.25. The smallest absolute Gasteiger partial charge is 0.0121 e. The van der Waals surface area contributed by atoms with Crippen LogP contribution in [-0.2, 0) is 0 Å². The van der Waals surface area contributed by atoms with Crippen molar-refractivity contribution in [1.29, 1.82) is 0 Å². The lowest BCUT2D eigenvalue weighted by molar-refractivity contribution is 0.475. The summed E-state index contributed by atoms with van der Waals surface area (Å²) in [5, 5.41) is 3.60. The van der Waals surface area contributed by atoms with E-state index in [0.29, 0.717) is 0 Å². The molecule has 66 valence electrons. The quantitative estimate of drug-likeness (QED) is 0.471. The summed E-state index contributed by atoms with van der Waals surface area (Å²) < 4.78 is 1.24. The number of rotatable bonds is 3. The third-order valence-electron chi connectivity index (χ3n) is 2.38. The summed E-state index contributed by atoms with van der Waals surface area (Å²) in [7, 11) is 0. The largest absolute Gasteiger partial charge is 0.313 e. The lowest BCUT2D eigenvalue weighted by Crippen LogP contribution is -2.29. The molecule has 0 aromatic heterocycles. The summed E-state index contributed by atoms with van der Waals surface area (Å²) in [4.78, 5) is 0. The zero-order valence-corrected chi connectivity index (χ0v) is 9.27. The number of nitrogens with one attached hydrogen (secondary N) is 1. The van der Waals surface area contributed by atoms with E-state index >= 15 is 0 Å². The molecule has 0 saturated heterocycles. The van der Waals surface area contributed by atoms with E-state index in [4.69, 9.17) is 0 Å². The molecule has 0 unspecified atom stereocenters. The SMILES string of the molecule is ICCNC1CCCCCC1. The van der Waals surface area contributed by atoms with E-state index in [2.05, 4.69) is 27.9 Å². The van der Waals surface area contributed by atoms with Gasteiger partial charge in [-0.3, -0.25) is 0 Å². The van der Waals surface area contributed by atoms with Crippen LogP contribution in [0.4, 0.5) is 0 Å². The maximum atomic E-state index is 3.60. The summed E-state index contributed by atoms with van der Waals surface area (Å²) in [6, 6.07) is 0.840. The van der Waals surface area contributed by atoms with Gasteiger partial charge in [-0.05, 0) is 12.8 Å². The molecule has 0 bridgehead atoms. The summed E-state index contributed by atoms with van der Waals surface area (Å²) >= 11 is 2.43. The topological polar surface area (TPSA) is 12.0 Å². The van der Waals surface area contributed by atoms with Crippen LogP contribution in [0.2, 0.25) is 0 Å². The van der Waals surface area contributed by atoms with Crippen LogP contribution in [0.3, 0.4) is 0 Å². The zero-order chi connectivity index (χ0) is 7.94. The van der Waals surface area contributed by atoms with Gasteiger partial charge in [0.15, 0.2) is 0 Å². The van der Waals surface area contributed by atoms with Gasteiger partial charge in [0, 0.05) is 17.0 Å². The molecule has 1 aliphatic rings. The Morgan fingerprint density at radius 1 is 1.09 bits per heavy atom. The van der Waals surface area contributed by atoms with E-state index in [1.807, 2.05) is 0 Å². The summed E-state index contributed by atoms with van der Waals surface area (Å²) in [6.07, 6.45) is 8.63. The second-order valence-electron chi connectivity index (χ2n) is 3.33. The first-order valence-electron chi connectivity index (χ1n) is 4.73. The van der Waals surface area contributed by atoms with Crippen LogP contribution in [0, 0.1) is 0 Å². The van der Waals surface area contributed by atoms with Crippen molar-refractivity contribution in [3.05, 3.63) is 0 Å². The van der Waals surface area contributed by atoms with Crippen molar-refractivity contribution in [1.82, 2.24) is 5.32 Å². The van der Waals surface area contributed by atoms with Crippen molar-refractivity contribution < 1.29 is 0 Å². The van der Waals surface area contributed by atoms with Crippen LogP contribution in [0.5, 0.6) is 0 Å². The average molecular weight is 267 g/mol. The fraction of sp³-hybridized carbons (Fsp3) is 1.00. The Morgan fingerprint density at radius 3 is 2.27 bits per heavy atom. The van der Waals surface area contributed by atoms with Gasteiger partial charge in [0.25, 0.3) is 0 Å². The van der Waals surface area contributed by atoms with E-state index in [0.717, 1.165) is 6.04 Å². The number of alkyl halides is 1. The molecule has 0 amide bonds. The first kappa shape index (κ1) is 9.78. The van der Waals surface area contributed by atoms with Crippen molar-refractivity contribution in [2.45, 2.75) is 44.6 Å². The van der Waals surface area contributed by atoms with Crippen molar-refractivity contribution in [2.75, 3.05) is 11.0 Å². The summed E-state index contributed by atoms with van der Waals surface area (Å²) in [5.74, 6) is 0. The molecule has 1 fully saturated rings. The van der Waals surface area contributed by atoms with Gasteiger partial charge in [0.2, 0.25) is 0 Å². The van der Waals surface area contributed by atoms with Crippen molar-refractivity contribution in [2.24, 2.45) is 0 Å². The van der Waals surface area contributed by atoms with Crippen LogP contribution in [0.15, 0.2) is 0 Å². The molecule has 1 aliphatic carbocycles. The Morgan fingerprint density at radius 2 is 1.73 bits per heavy atom. The standard InChI is InChI=1S/C9H18IN/c10-7-8-11-9-5-3-1-2-4-6-9/h9,11H,1-8H2. The number of hydrogen-bond acceptors (Lipinski definition) is 1. The monoisotopic (exact) mass is 267 g/mol. The Kier molecular flexibility index (Phi) is 5.54. The highest BCUT2D eigenvalue weighted by Gasteiger charge is 2.09. The Balaban J connectivity index is 2.09. The van der Waals surface area contributed by atoms with Crippen LogP contribution in [0.25, 0.3) is 0 Å². The molecule has 1 nitrogen and oxygen atoms in total. The van der Waals surface area contributed by atoms with Gasteiger partial charge < -0.3 is 5.32 Å². The lowest BCUT2D eigenvalue weighted by atomic mass is 10.1. The highest BCUT2D eigenvalue weighted by molar-refractivity contribution is 14.1. The third-order valence-corrected chi connectivity index (χ3v) is 2.92. The van der Waals surface area contributed by atoms with E-state index in [9.17, 15) is 0 Å². The fourth-order valence-corrected chi connectivity index (χ4v) is 2.05. The minimum absolute atomic E-state index is 0.840. The highest BCUT2D eigenvalue weighted by Crippen LogP contribution is 2.16. The number of halogens is 1. The van der Waals surface area contributed by atoms with Gasteiger partial charge in [-0.2, -0.15) is 0 Å². The average Bonchev–Trinajstić information content (AvgIpc) is 2.28. The van der Waals surface area contributed by atoms with Crippen LogP contribution in [0.1, 0.15) is 38.5 Å². The highest BCUT2D eigenvalue weighted by atomic mass is 127. The second-order valence-corrected chi connectivity index (χ2v) is 4.41. The normalized spacial score (nSPS) is 21.5. The molecule has 1 rings (SSSR count). The summed E-state index contributed by atoms with van der Waals surface area (Å²) in [6.45, 7) is 1.20. The van der Waals surface area contributed by atoms with Gasteiger partial charge in [-0.1, -0.05) is 48.3 Å². The number of hydrogen-bond donors (Lipinski definition) is 1. The Labute approximate surface area is 83.5 Å². The molecular formula is C9H18IN. The first-order chi connectivity index (χ1) is 5.43. The maximum absolute atomic E-state index is 3.60. The van der Waals surface area contributed by atoms with E-state index < -0.39 is 0 Å². The molecule has 0 aliphatic heterocycles. The molecular weight excluding hydrogens is 249 g/mol. The predicted octanol–water partition coefficient (Wildman–Crippen LogP) is 2.73. The zero-order valence-electron chi connectivity index (χ0n) is 7.11. The van der Waals surface area contributed by atoms with Crippen LogP contribution >= 0.6 is 22.6 Å². The molecule has 0 heterocycles. The van der Waals surface area contributed by atoms with Gasteiger partial charge in [-0.25, -0.2) is 0 Å². The van der Waals surface area contributed by atoms with Crippen LogP contribution < -0.4 is 5.32 Å². The Bertz CT molecular complexity index is 87.6. The molecule has 1 N–H and O–H groups in total. The molecule has 0 atom stereocenters. The Hall–Kier alpha value is 0.690. The maximum Gasteiger partial charge on any atom is 0.0121 e. The third kappa shape index (κ3) is 4.31. The molecule has 0 spiro atoms. The molecule has 0 radical (unpaired) electrons. The van der Waals surface area contributed by atoms with Gasteiger partial charge in [0.1, 0.15) is 0 Å². The minimum atomic E-state index is 0.840. The minimum Gasteiger partial charge on any atom is -0.313 e. The fourth-order valence-electron chi connectivity index (χ4n) is 1.74. The van der Waals surface area contributed by atoms with Gasteiger partial charge in [-0.15, -0.1) is 0 Å². The summed E-state index contributed by atoms with van der Waals surface area (Å²) in [5.41, 5.74) is 0. The van der Waals surface area contributed by atoms with Crippen molar-refractivity contribution >= 4 is 22.6 Å². The predicted molar refractivity (Wildman–Crippen MR) is 58.4 cm³/mol. The van der Waals surface area contributed by atoms with E-state index in [-0.39, 0.29) is 0 Å². The van der Waals surface area contributed by atoms with Gasteiger partial charge >= 0.3 is 0 Å². The molecule has 0 aromatic carbocycles. The van der Waals surface area contributed by atoms with Crippen LogP contribution in [-0.4, -0.2) is 17.0 Å². The van der Waals surface area contributed by atoms with E-state index in [1.165, 1.54) is 49.5 Å².